The van der Waals surface area contributed by atoms with E-state index < -0.39 is 0 Å². The van der Waals surface area contributed by atoms with Crippen LogP contribution < -0.4 is 9.47 Å². The van der Waals surface area contributed by atoms with Gasteiger partial charge < -0.3 is 9.47 Å². The molecule has 1 amide bonds. The van der Waals surface area contributed by atoms with E-state index in [0.717, 1.165) is 22.4 Å². The molecule has 1 aliphatic heterocycles. The lowest BCUT2D eigenvalue weighted by molar-refractivity contribution is -0.121. The van der Waals surface area contributed by atoms with Gasteiger partial charge in [-0.05, 0) is 68.3 Å². The van der Waals surface area contributed by atoms with E-state index >= 15 is 0 Å². The Hall–Kier alpha value is -2.02. The third-order valence-electron chi connectivity index (χ3n) is 4.25. The molecule has 1 saturated heterocycles. The summed E-state index contributed by atoms with van der Waals surface area (Å²) in [6.45, 7) is 7.30. The van der Waals surface area contributed by atoms with Gasteiger partial charge in [-0.2, -0.15) is 0 Å². The van der Waals surface area contributed by atoms with E-state index in [1.807, 2.05) is 32.9 Å². The number of hydrogen-bond acceptors (Lipinski definition) is 5. The first-order valence-corrected chi connectivity index (χ1v) is 10.9. The standard InChI is InChI=1S/C22H22ClNO3S2/c1-4-24-21(25)20(29-22(24)28)13-16-12-17(23)5-6-19(16)27-8-7-26-18-10-14(2)9-15(3)11-18/h5-6,9-13H,4,7-8H2,1-3H3. The largest absolute Gasteiger partial charge is 0.490 e. The first-order valence-electron chi connectivity index (χ1n) is 9.26. The number of ether oxygens (including phenoxy) is 2. The van der Waals surface area contributed by atoms with Crippen molar-refractivity contribution in [2.45, 2.75) is 20.8 Å². The SMILES string of the molecule is CCN1C(=O)C(=Cc2cc(Cl)ccc2OCCOc2cc(C)cc(C)c2)SC1=S. The first kappa shape index (κ1) is 21.7. The van der Waals surface area contributed by atoms with Gasteiger partial charge in [0.05, 0.1) is 4.91 Å². The summed E-state index contributed by atoms with van der Waals surface area (Å²) >= 11 is 12.7. The first-order chi connectivity index (χ1) is 13.9. The van der Waals surface area contributed by atoms with Crippen molar-refractivity contribution in [3.8, 4) is 11.5 Å². The molecular weight excluding hydrogens is 426 g/mol. The van der Waals surface area contributed by atoms with Gasteiger partial charge in [-0.15, -0.1) is 0 Å². The number of thiocarbonyl (C=S) groups is 1. The molecule has 29 heavy (non-hydrogen) atoms. The van der Waals surface area contributed by atoms with Crippen LogP contribution in [0.15, 0.2) is 41.3 Å². The third-order valence-corrected chi connectivity index (χ3v) is 5.87. The topological polar surface area (TPSA) is 38.8 Å². The van der Waals surface area contributed by atoms with Crippen LogP contribution in [0.25, 0.3) is 6.08 Å². The number of thioether (sulfide) groups is 1. The van der Waals surface area contributed by atoms with Gasteiger partial charge in [0.1, 0.15) is 29.0 Å². The second-order valence-electron chi connectivity index (χ2n) is 6.63. The number of carbonyl (C=O) groups excluding carboxylic acids is 1. The highest BCUT2D eigenvalue weighted by Crippen LogP contribution is 2.34. The monoisotopic (exact) mass is 447 g/mol. The summed E-state index contributed by atoms with van der Waals surface area (Å²) in [6, 6.07) is 11.4. The van der Waals surface area contributed by atoms with E-state index in [-0.39, 0.29) is 5.91 Å². The fourth-order valence-corrected chi connectivity index (χ4v) is 4.56. The van der Waals surface area contributed by atoms with E-state index in [1.54, 1.807) is 29.2 Å². The van der Waals surface area contributed by atoms with Gasteiger partial charge >= 0.3 is 0 Å². The summed E-state index contributed by atoms with van der Waals surface area (Å²) in [6.07, 6.45) is 1.78. The van der Waals surface area contributed by atoms with Gasteiger partial charge in [0, 0.05) is 17.1 Å². The number of rotatable bonds is 7. The maximum absolute atomic E-state index is 12.5. The van der Waals surface area contributed by atoms with Crippen LogP contribution in [-0.4, -0.2) is 34.9 Å². The van der Waals surface area contributed by atoms with Crippen LogP contribution in [0.2, 0.25) is 5.02 Å². The molecule has 2 aromatic rings. The summed E-state index contributed by atoms with van der Waals surface area (Å²) in [5, 5.41) is 0.570. The van der Waals surface area contributed by atoms with Gasteiger partial charge in [-0.1, -0.05) is 41.6 Å². The highest BCUT2D eigenvalue weighted by Gasteiger charge is 2.30. The zero-order chi connectivity index (χ0) is 21.0. The fourth-order valence-electron chi connectivity index (χ4n) is 3.00. The molecule has 1 aliphatic rings. The van der Waals surface area contributed by atoms with Crippen LogP contribution in [0.3, 0.4) is 0 Å². The molecule has 0 saturated carbocycles. The van der Waals surface area contributed by atoms with Crippen LogP contribution in [0.4, 0.5) is 0 Å². The maximum Gasteiger partial charge on any atom is 0.266 e. The lowest BCUT2D eigenvalue weighted by atomic mass is 10.1. The molecule has 0 radical (unpaired) electrons. The minimum absolute atomic E-state index is 0.0911. The van der Waals surface area contributed by atoms with Crippen LogP contribution in [0.5, 0.6) is 11.5 Å². The van der Waals surface area contributed by atoms with Crippen molar-refractivity contribution >= 4 is 51.9 Å². The van der Waals surface area contributed by atoms with Crippen molar-refractivity contribution in [3.05, 3.63) is 63.0 Å². The summed E-state index contributed by atoms with van der Waals surface area (Å²) in [7, 11) is 0. The van der Waals surface area contributed by atoms with Crippen molar-refractivity contribution < 1.29 is 14.3 Å². The van der Waals surface area contributed by atoms with Crippen LogP contribution in [-0.2, 0) is 4.79 Å². The predicted octanol–water partition coefficient (Wildman–Crippen LogP) is 5.64. The Balaban J connectivity index is 1.68. The maximum atomic E-state index is 12.5. The molecule has 1 heterocycles. The van der Waals surface area contributed by atoms with Crippen molar-refractivity contribution in [1.29, 1.82) is 0 Å². The van der Waals surface area contributed by atoms with Crippen LogP contribution in [0, 0.1) is 13.8 Å². The summed E-state index contributed by atoms with van der Waals surface area (Å²) in [5.41, 5.74) is 3.05. The van der Waals surface area contributed by atoms with Crippen molar-refractivity contribution in [2.75, 3.05) is 19.8 Å². The Morgan fingerprint density at radius 1 is 1.10 bits per heavy atom. The molecule has 7 heteroatoms. The number of amides is 1. The lowest BCUT2D eigenvalue weighted by Crippen LogP contribution is -2.27. The van der Waals surface area contributed by atoms with E-state index in [1.165, 1.54) is 11.8 Å². The number of halogens is 1. The molecule has 3 rings (SSSR count). The third kappa shape index (κ3) is 5.53. The average Bonchev–Trinajstić information content (AvgIpc) is 2.92. The Morgan fingerprint density at radius 2 is 1.79 bits per heavy atom. The van der Waals surface area contributed by atoms with E-state index in [0.29, 0.717) is 39.8 Å². The van der Waals surface area contributed by atoms with Gasteiger partial charge in [-0.25, -0.2) is 0 Å². The van der Waals surface area contributed by atoms with Crippen LogP contribution in [0.1, 0.15) is 23.6 Å². The zero-order valence-corrected chi connectivity index (χ0v) is 18.9. The van der Waals surface area contributed by atoms with Crippen molar-refractivity contribution in [2.24, 2.45) is 0 Å². The molecule has 4 nitrogen and oxygen atoms in total. The second-order valence-corrected chi connectivity index (χ2v) is 8.74. The summed E-state index contributed by atoms with van der Waals surface area (Å²) < 4.78 is 12.3. The average molecular weight is 448 g/mol. The number of hydrogen-bond donors (Lipinski definition) is 0. The molecule has 0 spiro atoms. The molecule has 152 valence electrons. The number of benzene rings is 2. The molecule has 2 aromatic carbocycles. The molecule has 0 N–H and O–H groups in total. The van der Waals surface area contributed by atoms with Crippen molar-refractivity contribution in [1.82, 2.24) is 4.90 Å². The number of nitrogens with zero attached hydrogens (tertiary/aromatic N) is 1. The molecule has 1 fully saturated rings. The van der Waals surface area contributed by atoms with Gasteiger partial charge in [0.2, 0.25) is 0 Å². The summed E-state index contributed by atoms with van der Waals surface area (Å²) in [5.74, 6) is 1.37. The highest BCUT2D eigenvalue weighted by atomic mass is 35.5. The molecule has 0 bridgehead atoms. The van der Waals surface area contributed by atoms with E-state index in [9.17, 15) is 4.79 Å². The van der Waals surface area contributed by atoms with Crippen molar-refractivity contribution in [3.63, 3.8) is 0 Å². The quantitative estimate of drug-likeness (QED) is 0.312. The van der Waals surface area contributed by atoms with E-state index in [2.05, 4.69) is 6.07 Å². The van der Waals surface area contributed by atoms with Crippen LogP contribution >= 0.6 is 35.6 Å². The molecule has 0 aromatic heterocycles. The van der Waals surface area contributed by atoms with Gasteiger partial charge in [-0.3, -0.25) is 9.69 Å². The van der Waals surface area contributed by atoms with E-state index in [4.69, 9.17) is 33.3 Å². The number of carbonyl (C=O) groups is 1. The molecule has 0 aliphatic carbocycles. The number of aryl methyl sites for hydroxylation is 2. The smallest absolute Gasteiger partial charge is 0.266 e. The fraction of sp³-hybridized carbons (Fsp3) is 0.273. The summed E-state index contributed by atoms with van der Waals surface area (Å²) in [4.78, 5) is 14.6. The predicted molar refractivity (Wildman–Crippen MR) is 124 cm³/mol. The highest BCUT2D eigenvalue weighted by molar-refractivity contribution is 8.26. The Bertz CT molecular complexity index is 954. The second kappa shape index (κ2) is 9.65. The number of likely N-dealkylation sites (N-methyl/N-ethyl adjacent to an activating group) is 1. The Morgan fingerprint density at radius 3 is 2.45 bits per heavy atom. The van der Waals surface area contributed by atoms with Gasteiger partial charge in [0.15, 0.2) is 0 Å². The zero-order valence-electron chi connectivity index (χ0n) is 16.5. The minimum Gasteiger partial charge on any atom is -0.490 e. The minimum atomic E-state index is -0.0911. The molecular formula is C22H22ClNO3S2. The Labute approximate surface area is 185 Å². The lowest BCUT2D eigenvalue weighted by Gasteiger charge is -2.12. The normalized spacial score (nSPS) is 15.3. The molecule has 0 unspecified atom stereocenters. The Kier molecular flexibility index (Phi) is 7.22. The van der Waals surface area contributed by atoms with Gasteiger partial charge in [0.25, 0.3) is 5.91 Å². The molecule has 0 atom stereocenters.